The number of carbonyl (C=O) groups is 2. The lowest BCUT2D eigenvalue weighted by Crippen LogP contribution is -2.53. The van der Waals surface area contributed by atoms with Gasteiger partial charge in [0.25, 0.3) is 0 Å². The van der Waals surface area contributed by atoms with E-state index in [9.17, 15) is 9.59 Å². The van der Waals surface area contributed by atoms with Gasteiger partial charge in [0, 0.05) is 24.3 Å². The van der Waals surface area contributed by atoms with Crippen LogP contribution >= 0.6 is 0 Å². The van der Waals surface area contributed by atoms with E-state index in [1.165, 1.54) is 4.90 Å². The first-order valence-electron chi connectivity index (χ1n) is 8.68. The van der Waals surface area contributed by atoms with Gasteiger partial charge in [0.05, 0.1) is 23.4 Å². The number of urea groups is 1. The van der Waals surface area contributed by atoms with Crippen molar-refractivity contribution in [3.8, 4) is 11.3 Å². The van der Waals surface area contributed by atoms with Crippen molar-refractivity contribution in [1.29, 1.82) is 0 Å². The number of hydrogen-bond acceptors (Lipinski definition) is 5. The van der Waals surface area contributed by atoms with Gasteiger partial charge in [-0.1, -0.05) is 26.0 Å². The van der Waals surface area contributed by atoms with Crippen LogP contribution in [0.2, 0.25) is 0 Å². The molecule has 1 aromatic heterocycles. The zero-order chi connectivity index (χ0) is 18.4. The van der Waals surface area contributed by atoms with Gasteiger partial charge in [-0.2, -0.15) is 5.10 Å². The van der Waals surface area contributed by atoms with E-state index in [1.54, 1.807) is 12.1 Å². The molecular formula is C18H21N5O3. The number of rotatable bonds is 3. The molecule has 0 bridgehead atoms. The predicted octanol–water partition coefficient (Wildman–Crippen LogP) is 1.58. The van der Waals surface area contributed by atoms with Gasteiger partial charge in [-0.15, -0.1) is 0 Å². The van der Waals surface area contributed by atoms with Gasteiger partial charge >= 0.3 is 6.03 Å². The Bertz CT molecular complexity index is 883. The standard InChI is InChI=1S/C18H21N5O3/c1-9(2)15-14-16(22-21-15)10-4-3-5-11(13(10)17(14)24)23(18(19)25)12-8-20-6-7-26-12/h3-5,9,12,20H,6-8H2,1-2H3,(H2,19,25)(H,21,22). The minimum Gasteiger partial charge on any atom is -0.355 e. The molecule has 1 aromatic carbocycles. The van der Waals surface area contributed by atoms with Crippen LogP contribution in [0.5, 0.6) is 0 Å². The molecule has 2 aliphatic rings. The monoisotopic (exact) mass is 355 g/mol. The summed E-state index contributed by atoms with van der Waals surface area (Å²) in [6.45, 7) is 5.63. The predicted molar refractivity (Wildman–Crippen MR) is 96.2 cm³/mol. The Balaban J connectivity index is 1.84. The Labute approximate surface area is 150 Å². The van der Waals surface area contributed by atoms with E-state index in [1.807, 2.05) is 19.9 Å². The molecule has 4 rings (SSSR count). The van der Waals surface area contributed by atoms with Crippen LogP contribution in [0.25, 0.3) is 11.3 Å². The topological polar surface area (TPSA) is 113 Å². The van der Waals surface area contributed by atoms with Crippen molar-refractivity contribution >= 4 is 17.5 Å². The van der Waals surface area contributed by atoms with Gasteiger partial charge in [-0.3, -0.25) is 14.8 Å². The van der Waals surface area contributed by atoms with Crippen molar-refractivity contribution < 1.29 is 14.3 Å². The van der Waals surface area contributed by atoms with Crippen LogP contribution in [-0.4, -0.2) is 47.9 Å². The maximum absolute atomic E-state index is 13.2. The SMILES string of the molecule is CC(C)c1[nH]nc2c1C(=O)c1c-2cccc1N(C(N)=O)C1CNCCO1. The fourth-order valence-corrected chi connectivity index (χ4v) is 3.63. The molecule has 8 nitrogen and oxygen atoms in total. The third kappa shape index (κ3) is 2.41. The Morgan fingerprint density at radius 3 is 2.85 bits per heavy atom. The average Bonchev–Trinajstić information content (AvgIpc) is 3.17. The normalized spacial score (nSPS) is 18.7. The summed E-state index contributed by atoms with van der Waals surface area (Å²) >= 11 is 0. The number of benzene rings is 1. The Hall–Kier alpha value is -2.71. The number of anilines is 1. The number of hydrogen-bond donors (Lipinski definition) is 3. The quantitative estimate of drug-likeness (QED) is 0.660. The Kier molecular flexibility index (Phi) is 4.01. The molecule has 2 aromatic rings. The van der Waals surface area contributed by atoms with Gasteiger partial charge in [0.15, 0.2) is 12.0 Å². The molecule has 2 amide bonds. The van der Waals surface area contributed by atoms with E-state index >= 15 is 0 Å². The van der Waals surface area contributed by atoms with Crippen LogP contribution in [-0.2, 0) is 4.74 Å². The zero-order valence-electron chi connectivity index (χ0n) is 14.7. The number of nitrogens with one attached hydrogen (secondary N) is 2. The molecule has 0 spiro atoms. The van der Waals surface area contributed by atoms with Gasteiger partial charge < -0.3 is 15.8 Å². The number of fused-ring (bicyclic) bond motifs is 3. The lowest BCUT2D eigenvalue weighted by Gasteiger charge is -2.34. The molecule has 1 unspecified atom stereocenters. The van der Waals surface area contributed by atoms with Gasteiger partial charge in [0.2, 0.25) is 0 Å². The molecule has 26 heavy (non-hydrogen) atoms. The molecule has 1 fully saturated rings. The summed E-state index contributed by atoms with van der Waals surface area (Å²) < 4.78 is 5.70. The van der Waals surface area contributed by atoms with Crippen LogP contribution in [0.4, 0.5) is 10.5 Å². The largest absolute Gasteiger partial charge is 0.355 e. The van der Waals surface area contributed by atoms with Crippen molar-refractivity contribution in [2.75, 3.05) is 24.6 Å². The van der Waals surface area contributed by atoms with Crippen LogP contribution in [0.15, 0.2) is 18.2 Å². The summed E-state index contributed by atoms with van der Waals surface area (Å²) in [4.78, 5) is 26.8. The molecule has 8 heteroatoms. The second kappa shape index (κ2) is 6.22. The minimum atomic E-state index is -0.657. The summed E-state index contributed by atoms with van der Waals surface area (Å²) in [5, 5.41) is 10.5. The second-order valence-corrected chi connectivity index (χ2v) is 6.78. The van der Waals surface area contributed by atoms with E-state index in [-0.39, 0.29) is 11.7 Å². The van der Waals surface area contributed by atoms with Crippen LogP contribution in [0.3, 0.4) is 0 Å². The summed E-state index contributed by atoms with van der Waals surface area (Å²) in [6.07, 6.45) is -0.556. The van der Waals surface area contributed by atoms with Crippen molar-refractivity contribution in [1.82, 2.24) is 15.5 Å². The Morgan fingerprint density at radius 1 is 1.38 bits per heavy atom. The van der Waals surface area contributed by atoms with Crippen molar-refractivity contribution in [2.45, 2.75) is 26.0 Å². The van der Waals surface area contributed by atoms with Crippen LogP contribution < -0.4 is 16.0 Å². The number of aromatic nitrogens is 2. The number of morpholine rings is 1. The summed E-state index contributed by atoms with van der Waals surface area (Å²) in [5.74, 6) is -0.0100. The lowest BCUT2D eigenvalue weighted by molar-refractivity contribution is 0.0317. The fourth-order valence-electron chi connectivity index (χ4n) is 3.63. The van der Waals surface area contributed by atoms with E-state index in [0.29, 0.717) is 47.8 Å². The second-order valence-electron chi connectivity index (χ2n) is 6.78. The van der Waals surface area contributed by atoms with Crippen molar-refractivity contribution in [3.63, 3.8) is 0 Å². The Morgan fingerprint density at radius 2 is 2.19 bits per heavy atom. The first-order chi connectivity index (χ1) is 12.5. The molecule has 2 heterocycles. The van der Waals surface area contributed by atoms with Gasteiger partial charge in [-0.25, -0.2) is 4.79 Å². The molecule has 0 saturated carbocycles. The van der Waals surface area contributed by atoms with Crippen LogP contribution in [0.1, 0.15) is 41.4 Å². The summed E-state index contributed by atoms with van der Waals surface area (Å²) in [5.41, 5.74) is 9.27. The maximum Gasteiger partial charge on any atom is 0.321 e. The summed E-state index contributed by atoms with van der Waals surface area (Å²) in [6, 6.07) is 4.71. The number of nitrogens with two attached hydrogens (primary N) is 1. The fraction of sp³-hybridized carbons (Fsp3) is 0.389. The smallest absolute Gasteiger partial charge is 0.321 e. The highest BCUT2D eigenvalue weighted by Gasteiger charge is 2.38. The molecule has 4 N–H and O–H groups in total. The number of ketones is 1. The molecule has 136 valence electrons. The molecular weight excluding hydrogens is 334 g/mol. The van der Waals surface area contributed by atoms with E-state index in [4.69, 9.17) is 10.5 Å². The molecule has 1 aliphatic heterocycles. The number of carbonyl (C=O) groups excluding carboxylic acids is 2. The third-order valence-electron chi connectivity index (χ3n) is 4.82. The first kappa shape index (κ1) is 16.7. The lowest BCUT2D eigenvalue weighted by atomic mass is 10.0. The van der Waals surface area contributed by atoms with E-state index < -0.39 is 12.3 Å². The highest BCUT2D eigenvalue weighted by molar-refractivity contribution is 6.25. The molecule has 1 saturated heterocycles. The zero-order valence-corrected chi connectivity index (χ0v) is 14.7. The number of primary amides is 1. The minimum absolute atomic E-state index is 0.131. The molecule has 1 aliphatic carbocycles. The molecule has 0 radical (unpaired) electrons. The summed E-state index contributed by atoms with van der Waals surface area (Å²) in [7, 11) is 0. The maximum atomic E-state index is 13.2. The van der Waals surface area contributed by atoms with Gasteiger partial charge in [-0.05, 0) is 12.0 Å². The van der Waals surface area contributed by atoms with Crippen molar-refractivity contribution in [2.24, 2.45) is 5.73 Å². The van der Waals surface area contributed by atoms with E-state index in [0.717, 1.165) is 5.69 Å². The highest BCUT2D eigenvalue weighted by Crippen LogP contribution is 2.43. The molecule has 1 atom stereocenters. The number of nitrogens with zero attached hydrogens (tertiary/aromatic N) is 2. The number of ether oxygens (including phenoxy) is 1. The number of amides is 2. The number of H-pyrrole nitrogens is 1. The first-order valence-corrected chi connectivity index (χ1v) is 8.68. The van der Waals surface area contributed by atoms with E-state index in [2.05, 4.69) is 15.5 Å². The van der Waals surface area contributed by atoms with Crippen molar-refractivity contribution in [3.05, 3.63) is 35.0 Å². The van der Waals surface area contributed by atoms with Gasteiger partial charge in [0.1, 0.15) is 5.69 Å². The third-order valence-corrected chi connectivity index (χ3v) is 4.82. The number of aromatic amines is 1. The van der Waals surface area contributed by atoms with Crippen LogP contribution in [0, 0.1) is 0 Å². The highest BCUT2D eigenvalue weighted by atomic mass is 16.5. The average molecular weight is 355 g/mol.